The lowest BCUT2D eigenvalue weighted by atomic mass is 10.2. The summed E-state index contributed by atoms with van der Waals surface area (Å²) in [6.07, 6.45) is 2.75. The van der Waals surface area contributed by atoms with Crippen LogP contribution in [0, 0.1) is 0 Å². The Kier molecular flexibility index (Phi) is 7.63. The molecule has 0 atom stereocenters. The Bertz CT molecular complexity index is 271. The lowest BCUT2D eigenvalue weighted by Gasteiger charge is -2.11. The number of benzene rings is 1. The van der Waals surface area contributed by atoms with Crippen molar-refractivity contribution < 1.29 is 4.74 Å². The van der Waals surface area contributed by atoms with Crippen molar-refractivity contribution in [3.63, 3.8) is 0 Å². The second-order valence-corrected chi connectivity index (χ2v) is 4.26. The van der Waals surface area contributed by atoms with Gasteiger partial charge in [-0.1, -0.05) is 30.3 Å². The highest BCUT2D eigenvalue weighted by molar-refractivity contribution is 5.13. The second kappa shape index (κ2) is 9.16. The van der Waals surface area contributed by atoms with E-state index in [0.29, 0.717) is 6.61 Å². The molecule has 0 aliphatic carbocycles. The van der Waals surface area contributed by atoms with Crippen molar-refractivity contribution in [3.05, 3.63) is 35.9 Å². The first-order valence-corrected chi connectivity index (χ1v) is 6.32. The molecule has 0 amide bonds. The predicted octanol–water partition coefficient (Wildman–Crippen LogP) is 1.87. The molecule has 0 radical (unpaired) electrons. The van der Waals surface area contributed by atoms with Crippen molar-refractivity contribution in [3.8, 4) is 0 Å². The number of ether oxygens (including phenoxy) is 1. The normalized spacial score (nSPS) is 15.4. The van der Waals surface area contributed by atoms with E-state index in [-0.39, 0.29) is 0 Å². The van der Waals surface area contributed by atoms with Gasteiger partial charge >= 0.3 is 0 Å². The largest absolute Gasteiger partial charge is 0.380 e. The highest BCUT2D eigenvalue weighted by Gasteiger charge is 2.08. The number of hydrogen-bond donors (Lipinski definition) is 1. The summed E-state index contributed by atoms with van der Waals surface area (Å²) in [4.78, 5) is 2.42. The molecule has 0 saturated carbocycles. The van der Waals surface area contributed by atoms with E-state index in [1.807, 2.05) is 30.3 Å². The zero-order valence-corrected chi connectivity index (χ0v) is 10.8. The van der Waals surface area contributed by atoms with E-state index in [1.54, 1.807) is 7.11 Å². The van der Waals surface area contributed by atoms with Crippen LogP contribution in [0.4, 0.5) is 0 Å². The molecule has 0 bridgehead atoms. The van der Waals surface area contributed by atoms with Crippen molar-refractivity contribution in [2.24, 2.45) is 5.73 Å². The van der Waals surface area contributed by atoms with Gasteiger partial charge in [0.2, 0.25) is 0 Å². The fourth-order valence-electron chi connectivity index (χ4n) is 1.93. The third-order valence-electron chi connectivity index (χ3n) is 2.80. The molecule has 3 nitrogen and oxygen atoms in total. The molecular formula is C14H24N2O. The van der Waals surface area contributed by atoms with Crippen LogP contribution in [0.5, 0.6) is 0 Å². The highest BCUT2D eigenvalue weighted by atomic mass is 16.5. The van der Waals surface area contributed by atoms with Gasteiger partial charge < -0.3 is 15.4 Å². The predicted molar refractivity (Wildman–Crippen MR) is 71.9 cm³/mol. The van der Waals surface area contributed by atoms with Gasteiger partial charge in [0.05, 0.1) is 6.61 Å². The first-order valence-electron chi connectivity index (χ1n) is 6.32. The molecule has 0 aromatic heterocycles. The van der Waals surface area contributed by atoms with Gasteiger partial charge in [0, 0.05) is 20.2 Å². The number of methoxy groups -OCH3 is 1. The minimum absolute atomic E-state index is 0.709. The van der Waals surface area contributed by atoms with E-state index < -0.39 is 0 Å². The Morgan fingerprint density at radius 3 is 2.35 bits per heavy atom. The first-order chi connectivity index (χ1) is 8.36. The van der Waals surface area contributed by atoms with Crippen LogP contribution in [-0.2, 0) is 11.3 Å². The van der Waals surface area contributed by atoms with Crippen LogP contribution in [0.2, 0.25) is 0 Å². The van der Waals surface area contributed by atoms with Crippen molar-refractivity contribution in [2.75, 3.05) is 33.3 Å². The number of rotatable bonds is 4. The van der Waals surface area contributed by atoms with Gasteiger partial charge in [0.25, 0.3) is 0 Å². The molecular weight excluding hydrogens is 212 g/mol. The van der Waals surface area contributed by atoms with Crippen molar-refractivity contribution in [2.45, 2.75) is 19.4 Å². The smallest absolute Gasteiger partial charge is 0.0713 e. The lowest BCUT2D eigenvalue weighted by molar-refractivity contribution is 0.185. The summed E-state index contributed by atoms with van der Waals surface area (Å²) in [5.74, 6) is 0. The van der Waals surface area contributed by atoms with Crippen LogP contribution in [0.3, 0.4) is 0 Å². The van der Waals surface area contributed by atoms with Gasteiger partial charge in [-0.05, 0) is 31.5 Å². The molecule has 1 aliphatic rings. The van der Waals surface area contributed by atoms with E-state index in [0.717, 1.165) is 13.1 Å². The van der Waals surface area contributed by atoms with E-state index in [2.05, 4.69) is 4.90 Å². The van der Waals surface area contributed by atoms with Crippen molar-refractivity contribution in [1.82, 2.24) is 4.90 Å². The van der Waals surface area contributed by atoms with E-state index in [9.17, 15) is 0 Å². The molecule has 3 heteroatoms. The van der Waals surface area contributed by atoms with Crippen molar-refractivity contribution in [1.29, 1.82) is 0 Å². The van der Waals surface area contributed by atoms with Gasteiger partial charge in [-0.25, -0.2) is 0 Å². The Balaban J connectivity index is 0.000000171. The molecule has 1 aromatic rings. The van der Waals surface area contributed by atoms with E-state index in [1.165, 1.54) is 31.5 Å². The minimum atomic E-state index is 0.709. The summed E-state index contributed by atoms with van der Waals surface area (Å²) in [6, 6.07) is 10.1. The van der Waals surface area contributed by atoms with Gasteiger partial charge in [0.1, 0.15) is 0 Å². The molecule has 0 unspecified atom stereocenters. The Labute approximate surface area is 105 Å². The number of nitrogens with zero attached hydrogens (tertiary/aromatic N) is 1. The maximum absolute atomic E-state index is 5.37. The Morgan fingerprint density at radius 1 is 1.18 bits per heavy atom. The molecule has 2 N–H and O–H groups in total. The monoisotopic (exact) mass is 236 g/mol. The standard InChI is InChI=1S/C8H10O.C6H14N2/c1-9-7-8-5-3-2-4-6-8;7-3-6-8-4-1-2-5-8/h2-6H,7H2,1H3;1-7H2. The summed E-state index contributed by atoms with van der Waals surface area (Å²) in [6.45, 7) is 5.18. The molecule has 2 rings (SSSR count). The third kappa shape index (κ3) is 6.41. The molecule has 0 spiro atoms. The summed E-state index contributed by atoms with van der Waals surface area (Å²) in [7, 11) is 1.70. The van der Waals surface area contributed by atoms with Gasteiger partial charge in [-0.3, -0.25) is 0 Å². The molecule has 1 saturated heterocycles. The molecule has 1 aliphatic heterocycles. The summed E-state index contributed by atoms with van der Waals surface area (Å²) in [5, 5.41) is 0. The lowest BCUT2D eigenvalue weighted by Crippen LogP contribution is -2.26. The third-order valence-corrected chi connectivity index (χ3v) is 2.80. The van der Waals surface area contributed by atoms with Crippen LogP contribution in [0.1, 0.15) is 18.4 Å². The molecule has 96 valence electrons. The SMILES string of the molecule is COCc1ccccc1.NCCN1CCCC1. The maximum atomic E-state index is 5.37. The summed E-state index contributed by atoms with van der Waals surface area (Å²) >= 11 is 0. The fourth-order valence-corrected chi connectivity index (χ4v) is 1.93. The number of hydrogen-bond acceptors (Lipinski definition) is 3. The quantitative estimate of drug-likeness (QED) is 0.867. The molecule has 1 aromatic carbocycles. The van der Waals surface area contributed by atoms with Crippen molar-refractivity contribution >= 4 is 0 Å². The van der Waals surface area contributed by atoms with Crippen LogP contribution in [0.15, 0.2) is 30.3 Å². The van der Waals surface area contributed by atoms with Gasteiger partial charge in [-0.2, -0.15) is 0 Å². The number of nitrogens with two attached hydrogens (primary N) is 1. The summed E-state index contributed by atoms with van der Waals surface area (Å²) < 4.78 is 4.93. The van der Waals surface area contributed by atoms with Crippen LogP contribution in [-0.4, -0.2) is 38.2 Å². The Hall–Kier alpha value is -0.900. The Morgan fingerprint density at radius 2 is 1.82 bits per heavy atom. The molecule has 1 heterocycles. The van der Waals surface area contributed by atoms with Gasteiger partial charge in [0.15, 0.2) is 0 Å². The zero-order chi connectivity index (χ0) is 12.3. The average Bonchev–Trinajstić information content (AvgIpc) is 2.85. The van der Waals surface area contributed by atoms with E-state index in [4.69, 9.17) is 10.5 Å². The van der Waals surface area contributed by atoms with Crippen LogP contribution < -0.4 is 5.73 Å². The van der Waals surface area contributed by atoms with Crippen LogP contribution in [0.25, 0.3) is 0 Å². The van der Waals surface area contributed by atoms with Gasteiger partial charge in [-0.15, -0.1) is 0 Å². The molecule has 17 heavy (non-hydrogen) atoms. The summed E-state index contributed by atoms with van der Waals surface area (Å²) in [5.41, 5.74) is 6.59. The maximum Gasteiger partial charge on any atom is 0.0713 e. The fraction of sp³-hybridized carbons (Fsp3) is 0.571. The number of likely N-dealkylation sites (tertiary alicyclic amines) is 1. The van der Waals surface area contributed by atoms with E-state index >= 15 is 0 Å². The van der Waals surface area contributed by atoms with Crippen LogP contribution >= 0.6 is 0 Å². The second-order valence-electron chi connectivity index (χ2n) is 4.26. The zero-order valence-electron chi connectivity index (χ0n) is 10.8. The highest BCUT2D eigenvalue weighted by Crippen LogP contribution is 2.04. The molecule has 1 fully saturated rings. The minimum Gasteiger partial charge on any atom is -0.380 e. The first kappa shape index (κ1) is 14.2. The average molecular weight is 236 g/mol. The topological polar surface area (TPSA) is 38.5 Å².